The van der Waals surface area contributed by atoms with Crippen molar-refractivity contribution in [3.05, 3.63) is 44.8 Å². The first-order chi connectivity index (χ1) is 10.6. The average Bonchev–Trinajstić information content (AvgIpc) is 2.90. The van der Waals surface area contributed by atoms with Gasteiger partial charge in [-0.3, -0.25) is 14.9 Å². The Morgan fingerprint density at radius 1 is 1.27 bits per heavy atom. The zero-order valence-corrected chi connectivity index (χ0v) is 12.4. The highest BCUT2D eigenvalue weighted by Gasteiger charge is 2.27. The fourth-order valence-corrected chi connectivity index (χ4v) is 3.10. The highest BCUT2D eigenvalue weighted by Crippen LogP contribution is 2.30. The third-order valence-corrected chi connectivity index (χ3v) is 4.34. The number of non-ortho nitro benzene ring substituents is 1. The number of hydrogen-bond donors (Lipinski definition) is 0. The van der Waals surface area contributed by atoms with E-state index < -0.39 is 4.92 Å². The van der Waals surface area contributed by atoms with Crippen LogP contribution in [0.2, 0.25) is 0 Å². The predicted molar refractivity (Wildman–Crippen MR) is 83.5 cm³/mol. The minimum absolute atomic E-state index is 0.0257. The second-order valence-corrected chi connectivity index (χ2v) is 5.77. The van der Waals surface area contributed by atoms with Gasteiger partial charge in [0.2, 0.25) is 0 Å². The van der Waals surface area contributed by atoms with Gasteiger partial charge in [0.05, 0.1) is 23.0 Å². The van der Waals surface area contributed by atoms with Gasteiger partial charge in [-0.1, -0.05) is 0 Å². The van der Waals surface area contributed by atoms with Crippen LogP contribution in [0, 0.1) is 10.1 Å². The van der Waals surface area contributed by atoms with Gasteiger partial charge in [-0.25, -0.2) is 0 Å². The second kappa shape index (κ2) is 6.29. The van der Waals surface area contributed by atoms with Gasteiger partial charge >= 0.3 is 0 Å². The minimum Gasteiger partial charge on any atom is -0.378 e. The SMILES string of the molecule is O=C1N=C(N2CCOCC2)S/C1=C\c1ccc([N+](=O)[O-])cc1. The Kier molecular flexibility index (Phi) is 4.21. The number of benzene rings is 1. The summed E-state index contributed by atoms with van der Waals surface area (Å²) < 4.78 is 5.28. The van der Waals surface area contributed by atoms with E-state index in [9.17, 15) is 14.9 Å². The number of morpholine rings is 1. The largest absolute Gasteiger partial charge is 0.378 e. The number of amides is 1. The maximum absolute atomic E-state index is 12.0. The number of nitro groups is 1. The molecule has 0 radical (unpaired) electrons. The first kappa shape index (κ1) is 14.7. The zero-order chi connectivity index (χ0) is 15.5. The molecule has 0 atom stereocenters. The molecule has 0 aliphatic carbocycles. The van der Waals surface area contributed by atoms with Gasteiger partial charge in [0.25, 0.3) is 11.6 Å². The number of amidine groups is 1. The number of nitro benzene ring substituents is 1. The Balaban J connectivity index is 1.73. The van der Waals surface area contributed by atoms with Crippen molar-refractivity contribution in [1.82, 2.24) is 4.90 Å². The van der Waals surface area contributed by atoms with Crippen LogP contribution in [0.1, 0.15) is 5.56 Å². The molecule has 1 aromatic carbocycles. The number of ether oxygens (including phenoxy) is 1. The van der Waals surface area contributed by atoms with Gasteiger partial charge in [-0.2, -0.15) is 4.99 Å². The van der Waals surface area contributed by atoms with Crippen molar-refractivity contribution < 1.29 is 14.5 Å². The van der Waals surface area contributed by atoms with Crippen molar-refractivity contribution in [3.63, 3.8) is 0 Å². The lowest BCUT2D eigenvalue weighted by Crippen LogP contribution is -2.38. The van der Waals surface area contributed by atoms with Crippen LogP contribution in [0.4, 0.5) is 5.69 Å². The van der Waals surface area contributed by atoms with Crippen molar-refractivity contribution in [2.24, 2.45) is 4.99 Å². The van der Waals surface area contributed by atoms with E-state index in [-0.39, 0.29) is 11.6 Å². The Labute approximate surface area is 130 Å². The molecule has 1 aromatic rings. The summed E-state index contributed by atoms with van der Waals surface area (Å²) in [6.07, 6.45) is 1.70. The number of nitrogens with zero attached hydrogens (tertiary/aromatic N) is 3. The van der Waals surface area contributed by atoms with Gasteiger partial charge < -0.3 is 9.64 Å². The second-order valence-electron chi connectivity index (χ2n) is 4.76. The van der Waals surface area contributed by atoms with Gasteiger partial charge in [-0.05, 0) is 35.5 Å². The van der Waals surface area contributed by atoms with E-state index in [0.717, 1.165) is 18.7 Å². The van der Waals surface area contributed by atoms with Gasteiger partial charge in [-0.15, -0.1) is 0 Å². The standard InChI is InChI=1S/C14H13N3O4S/c18-13-12(9-10-1-3-11(4-2-10)17(19)20)22-14(15-13)16-5-7-21-8-6-16/h1-4,9H,5-8H2/b12-9-. The fraction of sp³-hybridized carbons (Fsp3) is 0.286. The van der Waals surface area contributed by atoms with Crippen LogP contribution in [0.5, 0.6) is 0 Å². The van der Waals surface area contributed by atoms with Crippen LogP contribution >= 0.6 is 11.8 Å². The monoisotopic (exact) mass is 319 g/mol. The molecule has 0 spiro atoms. The molecule has 2 aliphatic rings. The molecule has 1 fully saturated rings. The summed E-state index contributed by atoms with van der Waals surface area (Å²) in [7, 11) is 0. The molecule has 0 unspecified atom stereocenters. The van der Waals surface area contributed by atoms with Crippen LogP contribution in [0.3, 0.4) is 0 Å². The number of thioether (sulfide) groups is 1. The molecular weight excluding hydrogens is 306 g/mol. The van der Waals surface area contributed by atoms with E-state index in [1.165, 1.54) is 23.9 Å². The van der Waals surface area contributed by atoms with Crippen molar-refractivity contribution in [2.45, 2.75) is 0 Å². The molecule has 2 aliphatic heterocycles. The molecule has 114 valence electrons. The number of carbonyl (C=O) groups excluding carboxylic acids is 1. The summed E-state index contributed by atoms with van der Waals surface area (Å²) in [6, 6.07) is 6.07. The van der Waals surface area contributed by atoms with Crippen molar-refractivity contribution in [1.29, 1.82) is 0 Å². The Morgan fingerprint density at radius 2 is 1.95 bits per heavy atom. The van der Waals surface area contributed by atoms with Crippen LogP contribution < -0.4 is 0 Å². The average molecular weight is 319 g/mol. The molecule has 0 saturated carbocycles. The molecule has 1 amide bonds. The van der Waals surface area contributed by atoms with E-state index in [4.69, 9.17) is 4.74 Å². The highest BCUT2D eigenvalue weighted by atomic mass is 32.2. The summed E-state index contributed by atoms with van der Waals surface area (Å²) in [4.78, 5) is 28.8. The maximum atomic E-state index is 12.0. The van der Waals surface area contributed by atoms with Gasteiger partial charge in [0.15, 0.2) is 5.17 Å². The highest BCUT2D eigenvalue weighted by molar-refractivity contribution is 8.18. The van der Waals surface area contributed by atoms with Crippen LogP contribution in [-0.2, 0) is 9.53 Å². The topological polar surface area (TPSA) is 85.0 Å². The lowest BCUT2D eigenvalue weighted by Gasteiger charge is -2.27. The summed E-state index contributed by atoms with van der Waals surface area (Å²) in [6.45, 7) is 2.72. The zero-order valence-electron chi connectivity index (χ0n) is 11.6. The van der Waals surface area contributed by atoms with E-state index in [2.05, 4.69) is 4.99 Å². The normalized spacial score (nSPS) is 20.4. The molecular formula is C14H13N3O4S. The summed E-state index contributed by atoms with van der Waals surface area (Å²) in [5.41, 5.74) is 0.762. The van der Waals surface area contributed by atoms with E-state index in [0.29, 0.717) is 23.3 Å². The van der Waals surface area contributed by atoms with Crippen molar-refractivity contribution >= 4 is 34.6 Å². The van der Waals surface area contributed by atoms with E-state index in [1.54, 1.807) is 18.2 Å². The molecule has 0 N–H and O–H groups in total. The van der Waals surface area contributed by atoms with E-state index in [1.807, 2.05) is 4.90 Å². The molecule has 2 heterocycles. The number of hydrogen-bond acceptors (Lipinski definition) is 6. The summed E-state index contributed by atoms with van der Waals surface area (Å²) in [5.74, 6) is -0.273. The molecule has 3 rings (SSSR count). The Hall–Kier alpha value is -2.19. The maximum Gasteiger partial charge on any atom is 0.286 e. The van der Waals surface area contributed by atoms with Gasteiger partial charge in [0, 0.05) is 25.2 Å². The van der Waals surface area contributed by atoms with E-state index >= 15 is 0 Å². The summed E-state index contributed by atoms with van der Waals surface area (Å²) in [5, 5.41) is 11.3. The number of aliphatic imine (C=N–C) groups is 1. The first-order valence-corrected chi connectivity index (χ1v) is 7.55. The third-order valence-electron chi connectivity index (χ3n) is 3.29. The smallest absolute Gasteiger partial charge is 0.286 e. The summed E-state index contributed by atoms with van der Waals surface area (Å²) >= 11 is 1.33. The minimum atomic E-state index is -0.452. The third kappa shape index (κ3) is 3.18. The van der Waals surface area contributed by atoms with Crippen LogP contribution in [-0.4, -0.2) is 47.2 Å². The molecule has 0 bridgehead atoms. The molecule has 0 aromatic heterocycles. The molecule has 8 heteroatoms. The number of rotatable bonds is 2. The molecule has 22 heavy (non-hydrogen) atoms. The lowest BCUT2D eigenvalue weighted by atomic mass is 10.2. The van der Waals surface area contributed by atoms with Gasteiger partial charge in [0.1, 0.15) is 0 Å². The quantitative estimate of drug-likeness (QED) is 0.470. The van der Waals surface area contributed by atoms with Crippen LogP contribution in [0.25, 0.3) is 6.08 Å². The molecule has 7 nitrogen and oxygen atoms in total. The van der Waals surface area contributed by atoms with Crippen molar-refractivity contribution in [3.8, 4) is 0 Å². The van der Waals surface area contributed by atoms with Crippen molar-refractivity contribution in [2.75, 3.05) is 26.3 Å². The predicted octanol–water partition coefficient (Wildman–Crippen LogP) is 1.90. The first-order valence-electron chi connectivity index (χ1n) is 6.73. The number of carbonyl (C=O) groups is 1. The fourth-order valence-electron chi connectivity index (χ4n) is 2.13. The Bertz CT molecular complexity index is 663. The molecule has 1 saturated heterocycles. The van der Waals surface area contributed by atoms with Crippen LogP contribution in [0.15, 0.2) is 34.2 Å². The Morgan fingerprint density at radius 3 is 2.59 bits per heavy atom. The lowest BCUT2D eigenvalue weighted by molar-refractivity contribution is -0.384.